The van der Waals surface area contributed by atoms with Gasteiger partial charge in [-0.15, -0.1) is 0 Å². The van der Waals surface area contributed by atoms with Crippen LogP contribution in [0.4, 0.5) is 14.9 Å². The normalized spacial score (nSPS) is 14.8. The van der Waals surface area contributed by atoms with E-state index in [9.17, 15) is 14.0 Å². The lowest BCUT2D eigenvalue weighted by atomic mass is 10.1. The average Bonchev–Trinajstić information content (AvgIpc) is 3.01. The summed E-state index contributed by atoms with van der Waals surface area (Å²) in [7, 11) is 1.78. The third-order valence-electron chi connectivity index (χ3n) is 4.19. The number of carbonyl (C=O) groups excluding carboxylic acids is 2. The molecule has 132 valence electrons. The maximum atomic E-state index is 13.5. The van der Waals surface area contributed by atoms with Crippen LogP contribution in [-0.4, -0.2) is 46.3 Å². The van der Waals surface area contributed by atoms with Gasteiger partial charge < -0.3 is 15.1 Å². The third-order valence-corrected chi connectivity index (χ3v) is 4.19. The molecule has 1 aliphatic rings. The first kappa shape index (κ1) is 16.9. The van der Waals surface area contributed by atoms with Crippen LogP contribution in [-0.2, 0) is 18.4 Å². The number of nitrogens with one attached hydrogen (secondary N) is 1. The number of urea groups is 1. The van der Waals surface area contributed by atoms with Gasteiger partial charge in [-0.05, 0) is 24.1 Å². The predicted molar refractivity (Wildman–Crippen MR) is 90.5 cm³/mol. The van der Waals surface area contributed by atoms with Crippen molar-refractivity contribution in [3.8, 4) is 0 Å². The van der Waals surface area contributed by atoms with Crippen LogP contribution in [0.15, 0.2) is 30.6 Å². The van der Waals surface area contributed by atoms with Crippen molar-refractivity contribution in [2.24, 2.45) is 7.05 Å². The minimum atomic E-state index is -0.333. The Balaban J connectivity index is 1.55. The van der Waals surface area contributed by atoms with Crippen molar-refractivity contribution in [1.29, 1.82) is 0 Å². The minimum Gasteiger partial charge on any atom is -0.334 e. The smallest absolute Gasteiger partial charge is 0.318 e. The lowest BCUT2D eigenvalue weighted by molar-refractivity contribution is -0.120. The van der Waals surface area contributed by atoms with Crippen molar-refractivity contribution in [1.82, 2.24) is 20.0 Å². The van der Waals surface area contributed by atoms with Crippen LogP contribution in [0.5, 0.6) is 0 Å². The number of hydrogen-bond donors (Lipinski definition) is 1. The molecule has 25 heavy (non-hydrogen) atoms. The van der Waals surface area contributed by atoms with Crippen molar-refractivity contribution < 1.29 is 14.0 Å². The number of rotatable bonds is 3. The molecule has 8 heteroatoms. The van der Waals surface area contributed by atoms with Crippen molar-refractivity contribution in [2.45, 2.75) is 13.5 Å². The molecule has 2 aromatic rings. The van der Waals surface area contributed by atoms with Gasteiger partial charge in [0.1, 0.15) is 12.4 Å². The molecule has 3 rings (SSSR count). The number of piperazine rings is 1. The number of aryl methyl sites for hydroxylation is 2. The van der Waals surface area contributed by atoms with Crippen LogP contribution in [0.25, 0.3) is 0 Å². The van der Waals surface area contributed by atoms with E-state index >= 15 is 0 Å². The second kappa shape index (κ2) is 6.92. The van der Waals surface area contributed by atoms with Crippen LogP contribution in [0.1, 0.15) is 11.1 Å². The SMILES string of the molecule is Cc1ccc(CNC(=O)N2CCN(c3cnn(C)c3)C(=O)C2)cc1F. The van der Waals surface area contributed by atoms with E-state index in [1.54, 1.807) is 48.1 Å². The molecule has 0 radical (unpaired) electrons. The summed E-state index contributed by atoms with van der Waals surface area (Å²) in [5.74, 6) is -0.456. The number of nitrogens with zero attached hydrogens (tertiary/aromatic N) is 4. The quantitative estimate of drug-likeness (QED) is 0.915. The van der Waals surface area contributed by atoms with Crippen molar-refractivity contribution >= 4 is 17.6 Å². The molecule has 1 saturated heterocycles. The van der Waals surface area contributed by atoms with Crippen molar-refractivity contribution in [3.05, 3.63) is 47.5 Å². The van der Waals surface area contributed by atoms with E-state index in [1.165, 1.54) is 11.0 Å². The van der Waals surface area contributed by atoms with Crippen molar-refractivity contribution in [3.63, 3.8) is 0 Å². The molecule has 1 aromatic heterocycles. The van der Waals surface area contributed by atoms with Gasteiger partial charge in [-0.25, -0.2) is 9.18 Å². The molecule has 1 fully saturated rings. The average molecular weight is 345 g/mol. The second-order valence-corrected chi connectivity index (χ2v) is 6.08. The number of carbonyl (C=O) groups is 2. The summed E-state index contributed by atoms with van der Waals surface area (Å²) < 4.78 is 15.2. The molecule has 0 aliphatic carbocycles. The monoisotopic (exact) mass is 345 g/mol. The molecule has 0 unspecified atom stereocenters. The second-order valence-electron chi connectivity index (χ2n) is 6.08. The zero-order chi connectivity index (χ0) is 18.0. The van der Waals surface area contributed by atoms with E-state index in [0.717, 1.165) is 5.69 Å². The summed E-state index contributed by atoms with van der Waals surface area (Å²) >= 11 is 0. The molecular formula is C17H20FN5O2. The highest BCUT2D eigenvalue weighted by Crippen LogP contribution is 2.16. The molecule has 0 atom stereocenters. The van der Waals surface area contributed by atoms with Crippen molar-refractivity contribution in [2.75, 3.05) is 24.5 Å². The fourth-order valence-corrected chi connectivity index (χ4v) is 2.70. The predicted octanol–water partition coefficient (Wildman–Crippen LogP) is 1.43. The van der Waals surface area contributed by atoms with E-state index in [0.29, 0.717) is 24.2 Å². The van der Waals surface area contributed by atoms with E-state index < -0.39 is 0 Å². The Bertz CT molecular complexity index is 804. The Morgan fingerprint density at radius 1 is 1.36 bits per heavy atom. The van der Waals surface area contributed by atoms with E-state index in [-0.39, 0.29) is 30.8 Å². The Labute approximate surface area is 145 Å². The number of halogens is 1. The first-order valence-corrected chi connectivity index (χ1v) is 8.01. The molecule has 1 aliphatic heterocycles. The number of aromatic nitrogens is 2. The first-order valence-electron chi connectivity index (χ1n) is 8.01. The van der Waals surface area contributed by atoms with Crippen LogP contribution in [0, 0.1) is 12.7 Å². The van der Waals surface area contributed by atoms with Crippen LogP contribution < -0.4 is 10.2 Å². The lowest BCUT2D eigenvalue weighted by Crippen LogP contribution is -2.54. The lowest BCUT2D eigenvalue weighted by Gasteiger charge is -2.33. The van der Waals surface area contributed by atoms with Crippen LogP contribution in [0.3, 0.4) is 0 Å². The van der Waals surface area contributed by atoms with Gasteiger partial charge in [-0.2, -0.15) is 5.10 Å². The highest BCUT2D eigenvalue weighted by molar-refractivity contribution is 5.97. The van der Waals surface area contributed by atoms with Gasteiger partial charge in [-0.1, -0.05) is 12.1 Å². The summed E-state index contributed by atoms with van der Waals surface area (Å²) in [6.07, 6.45) is 3.39. The zero-order valence-corrected chi connectivity index (χ0v) is 14.2. The maximum absolute atomic E-state index is 13.5. The summed E-state index contributed by atoms with van der Waals surface area (Å²) in [6.45, 7) is 2.74. The molecule has 3 amide bonds. The Morgan fingerprint density at radius 3 is 2.80 bits per heavy atom. The number of benzene rings is 1. The van der Waals surface area contributed by atoms with Gasteiger partial charge in [0.15, 0.2) is 0 Å². The van der Waals surface area contributed by atoms with Crippen LogP contribution in [0.2, 0.25) is 0 Å². The molecule has 0 spiro atoms. The summed E-state index contributed by atoms with van der Waals surface area (Å²) in [5, 5.41) is 6.78. The number of amides is 3. The first-order chi connectivity index (χ1) is 11.9. The minimum absolute atomic E-state index is 0.00296. The standard InChI is InChI=1S/C17H20FN5O2/c1-12-3-4-13(7-15(12)18)8-19-17(25)22-5-6-23(16(24)11-22)14-9-20-21(2)10-14/h3-4,7,9-10H,5-6,8,11H2,1-2H3,(H,19,25). The molecule has 1 aromatic carbocycles. The molecule has 0 bridgehead atoms. The largest absolute Gasteiger partial charge is 0.334 e. The maximum Gasteiger partial charge on any atom is 0.318 e. The third kappa shape index (κ3) is 3.78. The fourth-order valence-electron chi connectivity index (χ4n) is 2.70. The summed E-state index contributed by atoms with van der Waals surface area (Å²) in [6, 6.07) is 4.51. The van der Waals surface area contributed by atoms with E-state index in [4.69, 9.17) is 0 Å². The van der Waals surface area contributed by atoms with E-state index in [2.05, 4.69) is 10.4 Å². The van der Waals surface area contributed by atoms with Gasteiger partial charge in [0.25, 0.3) is 0 Å². The summed E-state index contributed by atoms with van der Waals surface area (Å²) in [4.78, 5) is 27.6. The molecule has 1 N–H and O–H groups in total. The fraction of sp³-hybridized carbons (Fsp3) is 0.353. The Hall–Kier alpha value is -2.90. The zero-order valence-electron chi connectivity index (χ0n) is 14.2. The molecule has 7 nitrogen and oxygen atoms in total. The molecule has 0 saturated carbocycles. The van der Waals surface area contributed by atoms with Gasteiger partial charge >= 0.3 is 6.03 Å². The van der Waals surface area contributed by atoms with Gasteiger partial charge in [0.05, 0.1) is 11.9 Å². The molecule has 2 heterocycles. The van der Waals surface area contributed by atoms with Gasteiger partial charge in [-0.3, -0.25) is 9.48 Å². The highest BCUT2D eigenvalue weighted by Gasteiger charge is 2.28. The highest BCUT2D eigenvalue weighted by atomic mass is 19.1. The topological polar surface area (TPSA) is 70.5 Å². The molecular weight excluding hydrogens is 325 g/mol. The Morgan fingerprint density at radius 2 is 2.16 bits per heavy atom. The number of hydrogen-bond acceptors (Lipinski definition) is 3. The van der Waals surface area contributed by atoms with Gasteiger partial charge in [0.2, 0.25) is 5.91 Å². The van der Waals surface area contributed by atoms with Crippen LogP contribution >= 0.6 is 0 Å². The van der Waals surface area contributed by atoms with Gasteiger partial charge in [0, 0.05) is 32.9 Å². The Kier molecular flexibility index (Phi) is 4.69. The van der Waals surface area contributed by atoms with E-state index in [1.807, 2.05) is 0 Å². The summed E-state index contributed by atoms with van der Waals surface area (Å²) in [5.41, 5.74) is 1.96. The number of anilines is 1.